The van der Waals surface area contributed by atoms with Crippen LogP contribution < -0.4 is 4.90 Å². The van der Waals surface area contributed by atoms with Gasteiger partial charge in [0.2, 0.25) is 5.95 Å². The maximum absolute atomic E-state index is 15.1. The number of carbonyl (C=O) groups is 1. The van der Waals surface area contributed by atoms with Crippen LogP contribution in [0.3, 0.4) is 0 Å². The van der Waals surface area contributed by atoms with E-state index in [1.165, 1.54) is 17.4 Å². The molecule has 190 valence electrons. The van der Waals surface area contributed by atoms with E-state index in [9.17, 15) is 9.90 Å². The smallest absolute Gasteiger partial charge is 0.257 e. The van der Waals surface area contributed by atoms with Crippen LogP contribution in [-0.2, 0) is 5.60 Å². The van der Waals surface area contributed by atoms with Gasteiger partial charge in [0.05, 0.1) is 21.5 Å². The van der Waals surface area contributed by atoms with E-state index in [2.05, 4.69) is 19.9 Å². The fourth-order valence-electron chi connectivity index (χ4n) is 5.40. The van der Waals surface area contributed by atoms with Crippen molar-refractivity contribution in [2.75, 3.05) is 31.1 Å². The van der Waals surface area contributed by atoms with Gasteiger partial charge in [-0.2, -0.15) is 0 Å². The molecular weight excluding hydrogens is 489 g/mol. The molecule has 0 aliphatic carbocycles. The van der Waals surface area contributed by atoms with Gasteiger partial charge in [0, 0.05) is 49.3 Å². The Labute approximate surface area is 218 Å². The maximum atomic E-state index is 15.1. The summed E-state index contributed by atoms with van der Waals surface area (Å²) in [6, 6.07) is 14.3. The Kier molecular flexibility index (Phi) is 5.72. The van der Waals surface area contributed by atoms with Gasteiger partial charge in [-0.3, -0.25) is 4.79 Å². The number of hydrogen-bond acceptors (Lipinski definition) is 7. The number of amides is 1. The van der Waals surface area contributed by atoms with Crippen LogP contribution in [0, 0.1) is 24.6 Å². The zero-order valence-corrected chi connectivity index (χ0v) is 21.8. The quantitative estimate of drug-likeness (QED) is 0.425. The van der Waals surface area contributed by atoms with Crippen LogP contribution >= 0.6 is 11.3 Å². The van der Waals surface area contributed by atoms with Gasteiger partial charge in [-0.25, -0.2) is 19.3 Å². The average molecular weight is 518 g/mol. The van der Waals surface area contributed by atoms with E-state index < -0.39 is 11.4 Å². The molecule has 2 saturated heterocycles. The molecule has 9 heteroatoms. The minimum atomic E-state index is -1.05. The van der Waals surface area contributed by atoms with Crippen molar-refractivity contribution in [1.82, 2.24) is 19.9 Å². The Balaban J connectivity index is 1.23. The monoisotopic (exact) mass is 517 g/mol. The number of aliphatic hydroxyl groups is 1. The van der Waals surface area contributed by atoms with Gasteiger partial charge >= 0.3 is 0 Å². The second kappa shape index (κ2) is 8.85. The van der Waals surface area contributed by atoms with Crippen LogP contribution in [0.4, 0.5) is 10.3 Å². The van der Waals surface area contributed by atoms with Crippen molar-refractivity contribution < 1.29 is 14.3 Å². The molecule has 4 aromatic rings. The van der Waals surface area contributed by atoms with Crippen LogP contribution in [0.15, 0.2) is 48.5 Å². The topological polar surface area (TPSA) is 82.5 Å². The van der Waals surface area contributed by atoms with Crippen molar-refractivity contribution in [3.05, 3.63) is 71.3 Å². The number of halogens is 1. The minimum absolute atomic E-state index is 0.0928. The number of benzene rings is 2. The predicted molar refractivity (Wildman–Crippen MR) is 142 cm³/mol. The molecule has 0 bridgehead atoms. The van der Waals surface area contributed by atoms with E-state index in [4.69, 9.17) is 0 Å². The number of nitrogens with zero attached hydrogens (tertiary/aromatic N) is 5. The molecule has 1 amide bonds. The summed E-state index contributed by atoms with van der Waals surface area (Å²) in [4.78, 5) is 31.5. The standard InChI is InChI=1S/C28H28FN5O2S/c1-16-11-23(28(2,3)36)32-27(30-16)34-14-17-12-33(13-18(17)15-34)26(35)24-19(7-6-8-20(24)29)25-31-21-9-4-5-10-22(21)37-25/h4-11,17-18,36H,12-15H2,1-3H3. The summed E-state index contributed by atoms with van der Waals surface area (Å²) in [5.74, 6) is 0.293. The van der Waals surface area contributed by atoms with Gasteiger partial charge in [0.15, 0.2) is 0 Å². The molecule has 0 spiro atoms. The molecule has 0 radical (unpaired) electrons. The number of likely N-dealkylation sites (tertiary alicyclic amines) is 1. The average Bonchev–Trinajstić information content (AvgIpc) is 3.55. The largest absolute Gasteiger partial charge is 0.384 e. The van der Waals surface area contributed by atoms with E-state index in [-0.39, 0.29) is 23.3 Å². The van der Waals surface area contributed by atoms with E-state index in [1.807, 2.05) is 31.2 Å². The first kappa shape index (κ1) is 23.9. The molecule has 7 nitrogen and oxygen atoms in total. The summed E-state index contributed by atoms with van der Waals surface area (Å²) in [6.07, 6.45) is 0. The number of fused-ring (bicyclic) bond motifs is 2. The SMILES string of the molecule is Cc1cc(C(C)(C)O)nc(N2CC3CN(C(=O)c4c(F)cccc4-c4nc5ccccc5s4)CC3C2)n1. The van der Waals surface area contributed by atoms with Crippen molar-refractivity contribution in [1.29, 1.82) is 0 Å². The molecule has 4 heterocycles. The zero-order chi connectivity index (χ0) is 25.9. The number of aryl methyl sites for hydroxylation is 1. The molecular formula is C28H28FN5O2S. The Morgan fingerprint density at radius 2 is 1.76 bits per heavy atom. The van der Waals surface area contributed by atoms with Gasteiger partial charge < -0.3 is 14.9 Å². The Morgan fingerprint density at radius 1 is 1.03 bits per heavy atom. The van der Waals surface area contributed by atoms with Crippen LogP contribution in [0.5, 0.6) is 0 Å². The lowest BCUT2D eigenvalue weighted by Crippen LogP contribution is -2.34. The molecule has 2 aromatic heterocycles. The predicted octanol–water partition coefficient (Wildman–Crippen LogP) is 4.64. The van der Waals surface area contributed by atoms with Crippen molar-refractivity contribution in [3.8, 4) is 10.6 Å². The molecule has 1 N–H and O–H groups in total. The lowest BCUT2D eigenvalue weighted by molar-refractivity contribution is 0.0735. The van der Waals surface area contributed by atoms with E-state index in [1.54, 1.807) is 36.9 Å². The first-order chi connectivity index (χ1) is 17.7. The third kappa shape index (κ3) is 4.36. The highest BCUT2D eigenvalue weighted by Gasteiger charge is 2.43. The first-order valence-corrected chi connectivity index (χ1v) is 13.3. The van der Waals surface area contributed by atoms with Crippen molar-refractivity contribution in [2.45, 2.75) is 26.4 Å². The molecule has 2 aromatic carbocycles. The summed E-state index contributed by atoms with van der Waals surface area (Å²) in [5, 5.41) is 11.1. The van der Waals surface area contributed by atoms with Crippen molar-refractivity contribution in [2.24, 2.45) is 11.8 Å². The van der Waals surface area contributed by atoms with Gasteiger partial charge in [0.25, 0.3) is 5.91 Å². The summed E-state index contributed by atoms with van der Waals surface area (Å²) in [7, 11) is 0. The van der Waals surface area contributed by atoms with Crippen LogP contribution in [0.1, 0.15) is 35.6 Å². The third-order valence-corrected chi connectivity index (χ3v) is 8.35. The van der Waals surface area contributed by atoms with E-state index >= 15 is 4.39 Å². The van der Waals surface area contributed by atoms with E-state index in [0.29, 0.717) is 48.4 Å². The van der Waals surface area contributed by atoms with Gasteiger partial charge in [-0.05, 0) is 45.0 Å². The summed E-state index contributed by atoms with van der Waals surface area (Å²) < 4.78 is 16.1. The summed E-state index contributed by atoms with van der Waals surface area (Å²) in [5.41, 5.74) is 1.81. The van der Waals surface area contributed by atoms with E-state index in [0.717, 1.165) is 15.9 Å². The number of carbonyl (C=O) groups excluding carboxylic acids is 1. The molecule has 2 atom stereocenters. The molecule has 0 saturated carbocycles. The minimum Gasteiger partial charge on any atom is -0.384 e. The molecule has 2 aliphatic rings. The van der Waals surface area contributed by atoms with Crippen molar-refractivity contribution in [3.63, 3.8) is 0 Å². The Morgan fingerprint density at radius 3 is 2.46 bits per heavy atom. The highest BCUT2D eigenvalue weighted by atomic mass is 32.1. The molecule has 2 aliphatic heterocycles. The molecule has 2 unspecified atom stereocenters. The van der Waals surface area contributed by atoms with Gasteiger partial charge in [0.1, 0.15) is 16.4 Å². The molecule has 2 fully saturated rings. The maximum Gasteiger partial charge on any atom is 0.257 e. The van der Waals surface area contributed by atoms with Crippen LogP contribution in [0.2, 0.25) is 0 Å². The number of thiazole rings is 1. The fourth-order valence-corrected chi connectivity index (χ4v) is 6.39. The number of anilines is 1. The van der Waals surface area contributed by atoms with Crippen LogP contribution in [0.25, 0.3) is 20.8 Å². The lowest BCUT2D eigenvalue weighted by atomic mass is 10.0. The first-order valence-electron chi connectivity index (χ1n) is 12.4. The second-order valence-electron chi connectivity index (χ2n) is 10.5. The second-order valence-corrected chi connectivity index (χ2v) is 11.6. The van der Waals surface area contributed by atoms with Gasteiger partial charge in [-0.1, -0.05) is 24.3 Å². The zero-order valence-electron chi connectivity index (χ0n) is 21.0. The summed E-state index contributed by atoms with van der Waals surface area (Å²) in [6.45, 7) is 7.86. The number of hydrogen-bond donors (Lipinski definition) is 1. The number of rotatable bonds is 4. The highest BCUT2D eigenvalue weighted by molar-refractivity contribution is 7.21. The summed E-state index contributed by atoms with van der Waals surface area (Å²) >= 11 is 1.46. The molecule has 6 rings (SSSR count). The highest BCUT2D eigenvalue weighted by Crippen LogP contribution is 2.37. The number of aromatic nitrogens is 3. The Hall–Kier alpha value is -3.43. The van der Waals surface area contributed by atoms with Crippen LogP contribution in [-0.4, -0.2) is 57.0 Å². The Bertz CT molecular complexity index is 1470. The number of para-hydroxylation sites is 1. The molecule has 37 heavy (non-hydrogen) atoms. The fraction of sp³-hybridized carbons (Fsp3) is 0.357. The van der Waals surface area contributed by atoms with Gasteiger partial charge in [-0.15, -0.1) is 11.3 Å². The normalized spacial score (nSPS) is 19.6. The third-order valence-electron chi connectivity index (χ3n) is 7.28. The lowest BCUT2D eigenvalue weighted by Gasteiger charge is -2.24. The van der Waals surface area contributed by atoms with Crippen molar-refractivity contribution >= 4 is 33.4 Å².